The molecule has 3 nitrogen and oxygen atoms in total. The minimum absolute atomic E-state index is 0.0733. The monoisotopic (exact) mass is 266 g/mol. The molecule has 4 heteroatoms. The SMILES string of the molecule is CC(CN(C)C(C)C1CC1)C(O)c1ccc(F)cn1. The van der Waals surface area contributed by atoms with Crippen molar-refractivity contribution in [3.05, 3.63) is 29.8 Å². The van der Waals surface area contributed by atoms with Gasteiger partial charge in [0.25, 0.3) is 0 Å². The maximum atomic E-state index is 12.8. The molecular weight excluding hydrogens is 243 g/mol. The lowest BCUT2D eigenvalue weighted by molar-refractivity contribution is 0.0794. The number of aliphatic hydroxyl groups excluding tert-OH is 1. The minimum atomic E-state index is -0.644. The van der Waals surface area contributed by atoms with Gasteiger partial charge in [0, 0.05) is 18.5 Å². The number of halogens is 1. The van der Waals surface area contributed by atoms with Crippen LogP contribution in [0.1, 0.15) is 38.5 Å². The molecule has 1 aromatic rings. The van der Waals surface area contributed by atoms with E-state index in [1.807, 2.05) is 6.92 Å². The van der Waals surface area contributed by atoms with E-state index in [4.69, 9.17) is 0 Å². The molecule has 0 spiro atoms. The van der Waals surface area contributed by atoms with Gasteiger partial charge in [0.1, 0.15) is 5.82 Å². The fourth-order valence-electron chi connectivity index (χ4n) is 2.51. The molecule has 0 aromatic carbocycles. The van der Waals surface area contributed by atoms with E-state index >= 15 is 0 Å². The van der Waals surface area contributed by atoms with E-state index in [0.717, 1.165) is 18.7 Å². The highest BCUT2D eigenvalue weighted by atomic mass is 19.1. The van der Waals surface area contributed by atoms with E-state index in [9.17, 15) is 9.50 Å². The summed E-state index contributed by atoms with van der Waals surface area (Å²) >= 11 is 0. The normalized spacial score (nSPS) is 20.3. The number of aromatic nitrogens is 1. The van der Waals surface area contributed by atoms with Gasteiger partial charge in [-0.15, -0.1) is 0 Å². The predicted octanol–water partition coefficient (Wildman–Crippen LogP) is 2.62. The van der Waals surface area contributed by atoms with Crippen LogP contribution in [0.3, 0.4) is 0 Å². The van der Waals surface area contributed by atoms with Gasteiger partial charge in [-0.05, 0) is 44.9 Å². The Morgan fingerprint density at radius 3 is 2.63 bits per heavy atom. The second-order valence-electron chi connectivity index (χ2n) is 5.84. The van der Waals surface area contributed by atoms with Crippen LogP contribution < -0.4 is 0 Å². The molecule has 1 fully saturated rings. The van der Waals surface area contributed by atoms with Gasteiger partial charge in [0.2, 0.25) is 0 Å². The highest BCUT2D eigenvalue weighted by Gasteiger charge is 2.31. The van der Waals surface area contributed by atoms with Crippen LogP contribution in [0.15, 0.2) is 18.3 Å². The summed E-state index contributed by atoms with van der Waals surface area (Å²) in [6, 6.07) is 3.46. The van der Waals surface area contributed by atoms with Gasteiger partial charge in [-0.25, -0.2) is 4.39 Å². The van der Waals surface area contributed by atoms with Gasteiger partial charge in [-0.1, -0.05) is 6.92 Å². The summed E-state index contributed by atoms with van der Waals surface area (Å²) in [6.07, 6.45) is 3.15. The number of hydrogen-bond acceptors (Lipinski definition) is 3. The molecule has 106 valence electrons. The third-order valence-electron chi connectivity index (χ3n) is 4.17. The first-order valence-electron chi connectivity index (χ1n) is 6.98. The molecule has 1 saturated carbocycles. The Labute approximate surface area is 114 Å². The first-order valence-corrected chi connectivity index (χ1v) is 6.98. The summed E-state index contributed by atoms with van der Waals surface area (Å²) in [5, 5.41) is 10.3. The molecule has 1 aromatic heterocycles. The third-order valence-corrected chi connectivity index (χ3v) is 4.17. The van der Waals surface area contributed by atoms with Crippen LogP contribution in [0, 0.1) is 17.7 Å². The summed E-state index contributed by atoms with van der Waals surface area (Å²) in [6.45, 7) is 5.07. The quantitative estimate of drug-likeness (QED) is 0.860. The first kappa shape index (κ1) is 14.4. The first-order chi connectivity index (χ1) is 8.99. The molecule has 1 heterocycles. The Morgan fingerprint density at radius 2 is 2.11 bits per heavy atom. The molecule has 3 unspecified atom stereocenters. The molecule has 0 radical (unpaired) electrons. The highest BCUT2D eigenvalue weighted by molar-refractivity contribution is 5.09. The fraction of sp³-hybridized carbons (Fsp3) is 0.667. The molecule has 0 amide bonds. The number of nitrogens with zero attached hydrogens (tertiary/aromatic N) is 2. The van der Waals surface area contributed by atoms with Crippen LogP contribution in [-0.4, -0.2) is 34.6 Å². The van der Waals surface area contributed by atoms with E-state index in [1.54, 1.807) is 6.07 Å². The lowest BCUT2D eigenvalue weighted by Gasteiger charge is -2.29. The average molecular weight is 266 g/mol. The molecular formula is C15H23FN2O. The maximum absolute atomic E-state index is 12.8. The average Bonchev–Trinajstić information content (AvgIpc) is 3.22. The van der Waals surface area contributed by atoms with E-state index in [1.165, 1.54) is 18.9 Å². The van der Waals surface area contributed by atoms with E-state index < -0.39 is 6.10 Å². The van der Waals surface area contributed by atoms with Crippen molar-refractivity contribution in [2.24, 2.45) is 11.8 Å². The molecule has 1 aliphatic carbocycles. The van der Waals surface area contributed by atoms with Gasteiger partial charge >= 0.3 is 0 Å². The predicted molar refractivity (Wildman–Crippen MR) is 73.1 cm³/mol. The van der Waals surface area contributed by atoms with Gasteiger partial charge in [0.15, 0.2) is 0 Å². The fourth-order valence-corrected chi connectivity index (χ4v) is 2.51. The van der Waals surface area contributed by atoms with Crippen molar-refractivity contribution in [2.75, 3.05) is 13.6 Å². The van der Waals surface area contributed by atoms with Crippen LogP contribution in [0.4, 0.5) is 4.39 Å². The topological polar surface area (TPSA) is 36.4 Å². The number of aliphatic hydroxyl groups is 1. The van der Waals surface area contributed by atoms with E-state index in [-0.39, 0.29) is 11.7 Å². The lowest BCUT2D eigenvalue weighted by Crippen LogP contribution is -2.36. The van der Waals surface area contributed by atoms with Crippen molar-refractivity contribution in [2.45, 2.75) is 38.8 Å². The Kier molecular flexibility index (Phi) is 4.53. The Balaban J connectivity index is 1.91. The van der Waals surface area contributed by atoms with Crippen molar-refractivity contribution in [1.29, 1.82) is 0 Å². The Hall–Kier alpha value is -1.00. The summed E-state index contributed by atoms with van der Waals surface area (Å²) < 4.78 is 12.8. The van der Waals surface area contributed by atoms with Crippen LogP contribution in [-0.2, 0) is 0 Å². The number of pyridine rings is 1. The summed E-state index contributed by atoms with van der Waals surface area (Å²) in [7, 11) is 2.10. The molecule has 1 aliphatic rings. The number of hydrogen-bond donors (Lipinski definition) is 1. The standard InChI is InChI=1S/C15H23FN2O/c1-10(9-18(3)11(2)12-4-5-12)15(19)14-7-6-13(16)8-17-14/h6-8,10-12,15,19H,4-5,9H2,1-3H3. The van der Waals surface area contributed by atoms with Crippen molar-refractivity contribution in [1.82, 2.24) is 9.88 Å². The van der Waals surface area contributed by atoms with Crippen molar-refractivity contribution >= 4 is 0 Å². The molecule has 2 rings (SSSR count). The van der Waals surface area contributed by atoms with Crippen LogP contribution in [0.25, 0.3) is 0 Å². The van der Waals surface area contributed by atoms with Gasteiger partial charge < -0.3 is 10.0 Å². The van der Waals surface area contributed by atoms with Crippen LogP contribution in [0.5, 0.6) is 0 Å². The van der Waals surface area contributed by atoms with E-state index in [2.05, 4.69) is 23.9 Å². The number of rotatable bonds is 6. The lowest BCUT2D eigenvalue weighted by atomic mass is 10.00. The Morgan fingerprint density at radius 1 is 1.42 bits per heavy atom. The minimum Gasteiger partial charge on any atom is -0.386 e. The second-order valence-corrected chi connectivity index (χ2v) is 5.84. The molecule has 0 aliphatic heterocycles. The van der Waals surface area contributed by atoms with Crippen molar-refractivity contribution in [3.63, 3.8) is 0 Å². The van der Waals surface area contributed by atoms with Gasteiger partial charge in [0.05, 0.1) is 18.0 Å². The zero-order valence-corrected chi connectivity index (χ0v) is 11.9. The van der Waals surface area contributed by atoms with Gasteiger partial charge in [-0.3, -0.25) is 4.98 Å². The van der Waals surface area contributed by atoms with Gasteiger partial charge in [-0.2, -0.15) is 0 Å². The van der Waals surface area contributed by atoms with Crippen molar-refractivity contribution in [3.8, 4) is 0 Å². The molecule has 0 saturated heterocycles. The smallest absolute Gasteiger partial charge is 0.141 e. The Bertz CT molecular complexity index is 405. The van der Waals surface area contributed by atoms with E-state index in [0.29, 0.717) is 11.7 Å². The van der Waals surface area contributed by atoms with Crippen LogP contribution in [0.2, 0.25) is 0 Å². The van der Waals surface area contributed by atoms with Crippen LogP contribution >= 0.6 is 0 Å². The molecule has 3 atom stereocenters. The zero-order chi connectivity index (χ0) is 14.0. The van der Waals surface area contributed by atoms with Crippen molar-refractivity contribution < 1.29 is 9.50 Å². The molecule has 0 bridgehead atoms. The highest BCUT2D eigenvalue weighted by Crippen LogP contribution is 2.35. The largest absolute Gasteiger partial charge is 0.386 e. The summed E-state index contributed by atoms with van der Waals surface area (Å²) in [4.78, 5) is 6.26. The second kappa shape index (κ2) is 5.97. The molecule has 1 N–H and O–H groups in total. The zero-order valence-electron chi connectivity index (χ0n) is 11.9. The third kappa shape index (κ3) is 3.74. The summed E-state index contributed by atoms with van der Waals surface area (Å²) in [5.41, 5.74) is 0.543. The maximum Gasteiger partial charge on any atom is 0.141 e. The molecule has 19 heavy (non-hydrogen) atoms. The summed E-state index contributed by atoms with van der Waals surface area (Å²) in [5.74, 6) is 0.519.